The number of rotatable bonds is 7. The molecule has 0 saturated carbocycles. The average Bonchev–Trinajstić information content (AvgIpc) is 2.60. The summed E-state index contributed by atoms with van der Waals surface area (Å²) in [6, 6.07) is 7.83. The molecule has 0 bridgehead atoms. The molecule has 2 atom stereocenters. The van der Waals surface area contributed by atoms with Crippen molar-refractivity contribution in [3.8, 4) is 0 Å². The number of fused-ring (bicyclic) bond motifs is 1. The Morgan fingerprint density at radius 2 is 1.96 bits per heavy atom. The van der Waals surface area contributed by atoms with E-state index in [1.54, 1.807) is 38.2 Å². The van der Waals surface area contributed by atoms with E-state index in [1.165, 1.54) is 0 Å². The lowest BCUT2D eigenvalue weighted by Crippen LogP contribution is -2.46. The molecule has 3 N–H and O–H groups in total. The van der Waals surface area contributed by atoms with Crippen LogP contribution in [0.2, 0.25) is 0 Å². The van der Waals surface area contributed by atoms with E-state index < -0.39 is 29.7 Å². The fourth-order valence-electron chi connectivity index (χ4n) is 2.50. The summed E-state index contributed by atoms with van der Waals surface area (Å²) in [7, 11) is 0. The van der Waals surface area contributed by atoms with Crippen LogP contribution in [0.1, 0.15) is 30.6 Å². The summed E-state index contributed by atoms with van der Waals surface area (Å²) in [4.78, 5) is 40.2. The maximum atomic E-state index is 12.6. The van der Waals surface area contributed by atoms with Gasteiger partial charge in [-0.2, -0.15) is 0 Å². The minimum Gasteiger partial charge on any atom is -0.466 e. The first kappa shape index (κ1) is 18.4. The van der Waals surface area contributed by atoms with Crippen molar-refractivity contribution >= 4 is 28.7 Å². The van der Waals surface area contributed by atoms with Crippen molar-refractivity contribution in [2.45, 2.75) is 26.3 Å². The first-order chi connectivity index (χ1) is 11.9. The van der Waals surface area contributed by atoms with Crippen LogP contribution in [0.5, 0.6) is 0 Å². The fraction of sp³-hybridized carbons (Fsp3) is 0.333. The Morgan fingerprint density at radius 3 is 2.64 bits per heavy atom. The van der Waals surface area contributed by atoms with E-state index >= 15 is 0 Å². The number of carbonyl (C=O) groups excluding carboxylic acids is 3. The molecule has 132 valence electrons. The second kappa shape index (κ2) is 8.23. The van der Waals surface area contributed by atoms with Gasteiger partial charge in [0.15, 0.2) is 0 Å². The molecule has 0 aliphatic rings. The zero-order valence-corrected chi connectivity index (χ0v) is 14.2. The average molecular weight is 343 g/mol. The first-order valence-corrected chi connectivity index (χ1v) is 8.04. The van der Waals surface area contributed by atoms with Crippen LogP contribution in [0.4, 0.5) is 0 Å². The van der Waals surface area contributed by atoms with Crippen molar-refractivity contribution in [2.24, 2.45) is 11.7 Å². The molecule has 0 aliphatic carbocycles. The molecule has 7 nitrogen and oxygen atoms in total. The molecule has 0 aliphatic heterocycles. The van der Waals surface area contributed by atoms with Crippen LogP contribution in [0.3, 0.4) is 0 Å². The lowest BCUT2D eigenvalue weighted by molar-refractivity contribution is -0.147. The van der Waals surface area contributed by atoms with Crippen molar-refractivity contribution in [1.82, 2.24) is 10.3 Å². The number of nitrogens with zero attached hydrogens (tertiary/aromatic N) is 1. The van der Waals surface area contributed by atoms with Gasteiger partial charge >= 0.3 is 5.97 Å². The highest BCUT2D eigenvalue weighted by molar-refractivity contribution is 6.06. The number of hydrogen-bond donors (Lipinski definition) is 2. The van der Waals surface area contributed by atoms with Crippen molar-refractivity contribution in [2.75, 3.05) is 6.61 Å². The van der Waals surface area contributed by atoms with Crippen LogP contribution < -0.4 is 11.1 Å². The SMILES string of the molecule is CCOC(=O)[C@@H](C)C[C@H](NC(=O)c1cccc2cccnc12)C(N)=O. The number of hydrogen-bond acceptors (Lipinski definition) is 5. The maximum Gasteiger partial charge on any atom is 0.308 e. The van der Waals surface area contributed by atoms with Gasteiger partial charge in [0.1, 0.15) is 6.04 Å². The van der Waals surface area contributed by atoms with Gasteiger partial charge in [0.05, 0.1) is 23.6 Å². The molecule has 2 amide bonds. The third-order valence-corrected chi connectivity index (χ3v) is 3.80. The van der Waals surface area contributed by atoms with E-state index in [1.807, 2.05) is 12.1 Å². The molecule has 1 heterocycles. The molecule has 2 aromatic rings. The molecule has 0 radical (unpaired) electrons. The Balaban J connectivity index is 2.17. The van der Waals surface area contributed by atoms with Crippen LogP contribution in [0, 0.1) is 5.92 Å². The summed E-state index contributed by atoms with van der Waals surface area (Å²) in [5.74, 6) is -2.18. The molecular weight excluding hydrogens is 322 g/mol. The number of carbonyl (C=O) groups is 3. The molecule has 25 heavy (non-hydrogen) atoms. The van der Waals surface area contributed by atoms with Gasteiger partial charge in [-0.15, -0.1) is 0 Å². The molecule has 0 saturated heterocycles. The Morgan fingerprint density at radius 1 is 1.24 bits per heavy atom. The molecule has 0 spiro atoms. The predicted octanol–water partition coefficient (Wildman–Crippen LogP) is 1.41. The summed E-state index contributed by atoms with van der Waals surface area (Å²) >= 11 is 0. The van der Waals surface area contributed by atoms with E-state index in [4.69, 9.17) is 10.5 Å². The number of para-hydroxylation sites is 1. The molecule has 7 heteroatoms. The standard InChI is InChI=1S/C18H21N3O4/c1-3-25-18(24)11(2)10-14(16(19)22)21-17(23)13-8-4-6-12-7-5-9-20-15(12)13/h4-9,11,14H,3,10H2,1-2H3,(H2,19,22)(H,21,23)/t11-,14-/m0/s1. The van der Waals surface area contributed by atoms with Crippen LogP contribution in [0.15, 0.2) is 36.5 Å². The number of nitrogens with two attached hydrogens (primary N) is 1. The largest absolute Gasteiger partial charge is 0.466 e. The maximum absolute atomic E-state index is 12.6. The number of benzene rings is 1. The number of amides is 2. The third-order valence-electron chi connectivity index (χ3n) is 3.80. The number of primary amides is 1. The van der Waals surface area contributed by atoms with Gasteiger partial charge in [-0.3, -0.25) is 19.4 Å². The molecule has 1 aromatic carbocycles. The van der Waals surface area contributed by atoms with E-state index in [9.17, 15) is 14.4 Å². The van der Waals surface area contributed by atoms with Gasteiger partial charge in [0, 0.05) is 11.6 Å². The van der Waals surface area contributed by atoms with Crippen LogP contribution >= 0.6 is 0 Å². The topological polar surface area (TPSA) is 111 Å². The second-order valence-corrected chi connectivity index (χ2v) is 5.70. The highest BCUT2D eigenvalue weighted by atomic mass is 16.5. The molecule has 0 unspecified atom stereocenters. The summed E-state index contributed by atoms with van der Waals surface area (Å²) < 4.78 is 4.92. The number of ether oxygens (including phenoxy) is 1. The fourth-order valence-corrected chi connectivity index (χ4v) is 2.50. The number of aromatic nitrogens is 1. The van der Waals surface area contributed by atoms with E-state index in [0.29, 0.717) is 11.1 Å². The Bertz CT molecular complexity index is 785. The molecule has 0 fully saturated rings. The zero-order chi connectivity index (χ0) is 18.4. The summed E-state index contributed by atoms with van der Waals surface area (Å²) in [5.41, 5.74) is 6.25. The van der Waals surface area contributed by atoms with Gasteiger partial charge in [0.25, 0.3) is 5.91 Å². The third kappa shape index (κ3) is 4.53. The Hall–Kier alpha value is -2.96. The number of nitrogens with one attached hydrogen (secondary N) is 1. The van der Waals surface area contributed by atoms with Crippen molar-refractivity contribution in [3.05, 3.63) is 42.1 Å². The van der Waals surface area contributed by atoms with Gasteiger partial charge in [0.2, 0.25) is 5.91 Å². The number of esters is 1. The smallest absolute Gasteiger partial charge is 0.308 e. The Kier molecular flexibility index (Phi) is 6.05. The monoisotopic (exact) mass is 343 g/mol. The Labute approximate surface area is 145 Å². The van der Waals surface area contributed by atoms with Crippen molar-refractivity contribution in [1.29, 1.82) is 0 Å². The second-order valence-electron chi connectivity index (χ2n) is 5.70. The highest BCUT2D eigenvalue weighted by Crippen LogP contribution is 2.16. The van der Waals surface area contributed by atoms with Crippen LogP contribution in [-0.2, 0) is 14.3 Å². The quantitative estimate of drug-likeness (QED) is 0.738. The van der Waals surface area contributed by atoms with Crippen molar-refractivity contribution in [3.63, 3.8) is 0 Å². The van der Waals surface area contributed by atoms with E-state index in [2.05, 4.69) is 10.3 Å². The molecule has 1 aromatic heterocycles. The predicted molar refractivity (Wildman–Crippen MR) is 92.6 cm³/mol. The van der Waals surface area contributed by atoms with Gasteiger partial charge < -0.3 is 15.8 Å². The summed E-state index contributed by atoms with van der Waals surface area (Å²) in [5, 5.41) is 3.40. The van der Waals surface area contributed by atoms with Gasteiger partial charge in [-0.1, -0.05) is 25.1 Å². The zero-order valence-electron chi connectivity index (χ0n) is 14.2. The van der Waals surface area contributed by atoms with E-state index in [-0.39, 0.29) is 13.0 Å². The summed E-state index contributed by atoms with van der Waals surface area (Å²) in [6.45, 7) is 3.57. The lowest BCUT2D eigenvalue weighted by Gasteiger charge is -2.19. The normalized spacial score (nSPS) is 13.0. The van der Waals surface area contributed by atoms with Crippen LogP contribution in [0.25, 0.3) is 10.9 Å². The minimum atomic E-state index is -0.981. The molecular formula is C18H21N3O4. The lowest BCUT2D eigenvalue weighted by atomic mass is 10.0. The van der Waals surface area contributed by atoms with E-state index in [0.717, 1.165) is 5.39 Å². The minimum absolute atomic E-state index is 0.0676. The number of pyridine rings is 1. The molecule has 2 rings (SSSR count). The highest BCUT2D eigenvalue weighted by Gasteiger charge is 2.26. The summed E-state index contributed by atoms with van der Waals surface area (Å²) in [6.07, 6.45) is 1.66. The van der Waals surface area contributed by atoms with Crippen molar-refractivity contribution < 1.29 is 19.1 Å². The first-order valence-electron chi connectivity index (χ1n) is 8.04. The van der Waals surface area contributed by atoms with Gasteiger partial charge in [-0.05, 0) is 25.5 Å². The van der Waals surface area contributed by atoms with Crippen LogP contribution in [-0.4, -0.2) is 35.4 Å². The van der Waals surface area contributed by atoms with Gasteiger partial charge in [-0.25, -0.2) is 0 Å².